The van der Waals surface area contributed by atoms with E-state index in [1.807, 2.05) is 0 Å². The number of ether oxygens (including phenoxy) is 1. The maximum absolute atomic E-state index is 13.1. The molecular weight excluding hydrogens is 402 g/mol. The number of amides is 1. The van der Waals surface area contributed by atoms with Crippen LogP contribution in [0.2, 0.25) is 0 Å². The van der Waals surface area contributed by atoms with Gasteiger partial charge in [-0.3, -0.25) is 24.6 Å². The number of hydrogen-bond acceptors (Lipinski definition) is 6. The standard InChI is InChI=1S/C22H31N3O6/c26-20(27)13-25-18-7-3-4-8-19(18)31-14-17(21(25)28)24-16(22(29)30)6-2-1-5-15-9-11-23-12-10-15/h3-4,7-8,15-17,23-24H,1-2,5-6,9-14H2,(H,26,27)(H,29,30)/t16-,17+/m1/s1. The largest absolute Gasteiger partial charge is 0.489 e. The maximum Gasteiger partial charge on any atom is 0.323 e. The fourth-order valence-corrected chi connectivity index (χ4v) is 4.24. The van der Waals surface area contributed by atoms with Crippen molar-refractivity contribution < 1.29 is 29.3 Å². The monoisotopic (exact) mass is 433 g/mol. The highest BCUT2D eigenvalue weighted by molar-refractivity contribution is 6.02. The average Bonchev–Trinajstić information content (AvgIpc) is 2.88. The van der Waals surface area contributed by atoms with Gasteiger partial charge in [-0.05, 0) is 50.4 Å². The molecule has 2 aliphatic rings. The van der Waals surface area contributed by atoms with E-state index in [2.05, 4.69) is 10.6 Å². The summed E-state index contributed by atoms with van der Waals surface area (Å²) < 4.78 is 5.71. The third-order valence-corrected chi connectivity index (χ3v) is 5.93. The van der Waals surface area contributed by atoms with Gasteiger partial charge in [0.15, 0.2) is 0 Å². The topological polar surface area (TPSA) is 128 Å². The van der Waals surface area contributed by atoms with Crippen molar-refractivity contribution in [2.24, 2.45) is 5.92 Å². The Labute approximate surface area is 181 Å². The molecule has 0 saturated carbocycles. The summed E-state index contributed by atoms with van der Waals surface area (Å²) in [6.45, 7) is 1.50. The molecule has 9 nitrogen and oxygen atoms in total. The average molecular weight is 434 g/mol. The Morgan fingerprint density at radius 1 is 1.19 bits per heavy atom. The number of aliphatic carboxylic acids is 2. The molecule has 1 aromatic rings. The molecule has 2 atom stereocenters. The predicted molar refractivity (Wildman–Crippen MR) is 114 cm³/mol. The number of hydrogen-bond donors (Lipinski definition) is 4. The van der Waals surface area contributed by atoms with E-state index in [9.17, 15) is 24.6 Å². The summed E-state index contributed by atoms with van der Waals surface area (Å²) in [4.78, 5) is 37.3. The molecule has 0 radical (unpaired) electrons. The minimum absolute atomic E-state index is 0.0647. The smallest absolute Gasteiger partial charge is 0.323 e. The third-order valence-electron chi connectivity index (χ3n) is 5.93. The maximum atomic E-state index is 13.1. The Hall–Kier alpha value is -2.65. The van der Waals surface area contributed by atoms with Crippen molar-refractivity contribution in [2.75, 3.05) is 31.1 Å². The molecule has 31 heavy (non-hydrogen) atoms. The van der Waals surface area contributed by atoms with Crippen LogP contribution in [0.4, 0.5) is 5.69 Å². The van der Waals surface area contributed by atoms with Crippen LogP contribution in [0.15, 0.2) is 24.3 Å². The molecule has 0 unspecified atom stereocenters. The van der Waals surface area contributed by atoms with Gasteiger partial charge in [0.25, 0.3) is 0 Å². The molecule has 170 valence electrons. The Bertz CT molecular complexity index is 780. The summed E-state index contributed by atoms with van der Waals surface area (Å²) in [7, 11) is 0. The highest BCUT2D eigenvalue weighted by Crippen LogP contribution is 2.31. The van der Waals surface area contributed by atoms with E-state index in [1.165, 1.54) is 0 Å². The number of carbonyl (C=O) groups excluding carboxylic acids is 1. The number of unbranched alkanes of at least 4 members (excludes halogenated alkanes) is 1. The normalized spacial score (nSPS) is 20.5. The van der Waals surface area contributed by atoms with Crippen LogP contribution in [0, 0.1) is 5.92 Å². The van der Waals surface area contributed by atoms with Crippen molar-refractivity contribution in [2.45, 2.75) is 50.6 Å². The van der Waals surface area contributed by atoms with Gasteiger partial charge in [0.2, 0.25) is 5.91 Å². The van der Waals surface area contributed by atoms with Gasteiger partial charge in [0.05, 0.1) is 5.69 Å². The molecule has 3 rings (SSSR count). The highest BCUT2D eigenvalue weighted by atomic mass is 16.5. The van der Waals surface area contributed by atoms with Gasteiger partial charge in [-0.1, -0.05) is 31.4 Å². The van der Waals surface area contributed by atoms with Gasteiger partial charge in [-0.25, -0.2) is 0 Å². The fourth-order valence-electron chi connectivity index (χ4n) is 4.24. The number of nitrogens with zero attached hydrogens (tertiary/aromatic N) is 1. The van der Waals surface area contributed by atoms with Gasteiger partial charge >= 0.3 is 11.9 Å². The molecule has 1 amide bonds. The zero-order valence-corrected chi connectivity index (χ0v) is 17.6. The van der Waals surface area contributed by atoms with E-state index in [1.54, 1.807) is 24.3 Å². The van der Waals surface area contributed by atoms with E-state index < -0.39 is 36.5 Å². The van der Waals surface area contributed by atoms with E-state index in [4.69, 9.17) is 4.74 Å². The molecule has 2 aliphatic heterocycles. The van der Waals surface area contributed by atoms with E-state index in [-0.39, 0.29) is 6.61 Å². The molecule has 0 aliphatic carbocycles. The van der Waals surface area contributed by atoms with Crippen molar-refractivity contribution in [1.29, 1.82) is 0 Å². The summed E-state index contributed by atoms with van der Waals surface area (Å²) in [6, 6.07) is 4.86. The molecule has 0 spiro atoms. The SMILES string of the molecule is O=C(O)CN1C(=O)[C@@H](N[C@H](CCCCC2CCNCC2)C(=O)O)COc2ccccc21. The summed E-state index contributed by atoms with van der Waals surface area (Å²) in [5.74, 6) is -1.60. The lowest BCUT2D eigenvalue weighted by atomic mass is 9.92. The number of piperidine rings is 1. The number of rotatable bonds is 10. The van der Waals surface area contributed by atoms with Crippen LogP contribution in [0.5, 0.6) is 5.75 Å². The second kappa shape index (κ2) is 11.1. The molecule has 2 heterocycles. The minimum atomic E-state index is -1.16. The number of nitrogens with one attached hydrogen (secondary N) is 2. The van der Waals surface area contributed by atoms with Gasteiger partial charge in [-0.15, -0.1) is 0 Å². The predicted octanol–water partition coefficient (Wildman–Crippen LogP) is 1.47. The fraction of sp³-hybridized carbons (Fsp3) is 0.591. The van der Waals surface area contributed by atoms with Gasteiger partial charge in [-0.2, -0.15) is 0 Å². The first-order chi connectivity index (χ1) is 15.0. The summed E-state index contributed by atoms with van der Waals surface area (Å²) in [5, 5.41) is 25.2. The van der Waals surface area contributed by atoms with Crippen LogP contribution in [0.25, 0.3) is 0 Å². The van der Waals surface area contributed by atoms with Gasteiger partial charge in [0.1, 0.15) is 31.0 Å². The number of carboxylic acids is 2. The summed E-state index contributed by atoms with van der Waals surface area (Å²) in [6.07, 6.45) is 5.50. The number of carbonyl (C=O) groups is 3. The zero-order valence-electron chi connectivity index (χ0n) is 17.6. The van der Waals surface area contributed by atoms with E-state index in [0.29, 0.717) is 23.8 Å². The lowest BCUT2D eigenvalue weighted by Crippen LogP contribution is -2.54. The molecule has 0 bridgehead atoms. The number of anilines is 1. The second-order valence-electron chi connectivity index (χ2n) is 8.18. The Balaban J connectivity index is 1.60. The van der Waals surface area contributed by atoms with E-state index >= 15 is 0 Å². The number of para-hydroxylation sites is 2. The Morgan fingerprint density at radius 3 is 2.65 bits per heavy atom. The summed E-state index contributed by atoms with van der Waals surface area (Å²) in [5.41, 5.74) is 0.369. The van der Waals surface area contributed by atoms with Crippen molar-refractivity contribution in [3.05, 3.63) is 24.3 Å². The van der Waals surface area contributed by atoms with E-state index in [0.717, 1.165) is 50.1 Å². The lowest BCUT2D eigenvalue weighted by molar-refractivity contribution is -0.141. The Kier molecular flexibility index (Phi) is 8.25. The van der Waals surface area contributed by atoms with Crippen molar-refractivity contribution in [1.82, 2.24) is 10.6 Å². The number of carboxylic acid groups (broad SMARTS) is 2. The molecule has 9 heteroatoms. The van der Waals surface area contributed by atoms with Crippen LogP contribution in [0.3, 0.4) is 0 Å². The van der Waals surface area contributed by atoms with Crippen molar-refractivity contribution in [3.63, 3.8) is 0 Å². The minimum Gasteiger partial charge on any atom is -0.489 e. The van der Waals surface area contributed by atoms with Gasteiger partial charge < -0.3 is 20.3 Å². The molecule has 1 fully saturated rings. The number of fused-ring (bicyclic) bond motifs is 1. The van der Waals surface area contributed by atoms with Crippen molar-refractivity contribution >= 4 is 23.5 Å². The lowest BCUT2D eigenvalue weighted by Gasteiger charge is -2.25. The van der Waals surface area contributed by atoms with Crippen molar-refractivity contribution in [3.8, 4) is 5.75 Å². The first kappa shape index (κ1) is 23.0. The first-order valence-electron chi connectivity index (χ1n) is 10.9. The second-order valence-corrected chi connectivity index (χ2v) is 8.18. The zero-order chi connectivity index (χ0) is 22.2. The molecule has 1 aromatic carbocycles. The quantitative estimate of drug-likeness (QED) is 0.409. The van der Waals surface area contributed by atoms with Crippen LogP contribution < -0.4 is 20.3 Å². The van der Waals surface area contributed by atoms with Gasteiger partial charge in [0, 0.05) is 0 Å². The number of benzene rings is 1. The van der Waals surface area contributed by atoms with Crippen LogP contribution >= 0.6 is 0 Å². The highest BCUT2D eigenvalue weighted by Gasteiger charge is 2.35. The third kappa shape index (κ3) is 6.41. The summed E-state index contributed by atoms with van der Waals surface area (Å²) >= 11 is 0. The molecule has 0 aromatic heterocycles. The molecular formula is C22H31N3O6. The Morgan fingerprint density at radius 2 is 1.94 bits per heavy atom. The van der Waals surface area contributed by atoms with Crippen LogP contribution in [-0.2, 0) is 14.4 Å². The molecule has 1 saturated heterocycles. The van der Waals surface area contributed by atoms with Crippen LogP contribution in [-0.4, -0.2) is 66.4 Å². The first-order valence-corrected chi connectivity index (χ1v) is 10.9. The van der Waals surface area contributed by atoms with Crippen LogP contribution in [0.1, 0.15) is 38.5 Å². The molecule has 4 N–H and O–H groups in total.